The van der Waals surface area contributed by atoms with Gasteiger partial charge in [-0.05, 0) is 11.0 Å². The van der Waals surface area contributed by atoms with Gasteiger partial charge in [0.2, 0.25) is 0 Å². The van der Waals surface area contributed by atoms with E-state index in [1.54, 1.807) is 20.8 Å². The average Bonchev–Trinajstić information content (AvgIpc) is 2.14. The molecular formula is C10H13BF3NO2. The minimum atomic E-state index is -4.55. The Kier molecular flexibility index (Phi) is 3.54. The molecule has 1 rings (SSSR count). The fourth-order valence-corrected chi connectivity index (χ4v) is 1.42. The number of hydrogen-bond donors (Lipinski definition) is 2. The first-order chi connectivity index (χ1) is 7.53. The highest BCUT2D eigenvalue weighted by atomic mass is 19.4. The van der Waals surface area contributed by atoms with Gasteiger partial charge >= 0.3 is 13.3 Å². The fourth-order valence-electron chi connectivity index (χ4n) is 1.42. The molecule has 0 fully saturated rings. The molecule has 3 nitrogen and oxygen atoms in total. The van der Waals surface area contributed by atoms with Crippen LogP contribution in [0.4, 0.5) is 13.2 Å². The third-order valence-electron chi connectivity index (χ3n) is 2.28. The Morgan fingerprint density at radius 2 is 1.71 bits per heavy atom. The van der Waals surface area contributed by atoms with E-state index in [1.807, 2.05) is 0 Å². The lowest BCUT2D eigenvalue weighted by Crippen LogP contribution is -2.33. The van der Waals surface area contributed by atoms with Crippen molar-refractivity contribution in [2.75, 3.05) is 0 Å². The van der Waals surface area contributed by atoms with Crippen LogP contribution in [-0.4, -0.2) is 22.2 Å². The van der Waals surface area contributed by atoms with E-state index in [0.717, 1.165) is 12.3 Å². The molecule has 0 amide bonds. The molecule has 0 radical (unpaired) electrons. The summed E-state index contributed by atoms with van der Waals surface area (Å²) >= 11 is 0. The van der Waals surface area contributed by atoms with Gasteiger partial charge in [-0.2, -0.15) is 13.2 Å². The van der Waals surface area contributed by atoms with Gasteiger partial charge in [-0.1, -0.05) is 26.8 Å². The summed E-state index contributed by atoms with van der Waals surface area (Å²) in [7, 11) is -1.83. The van der Waals surface area contributed by atoms with Crippen molar-refractivity contribution in [2.24, 2.45) is 0 Å². The second-order valence-corrected chi connectivity index (χ2v) is 4.79. The van der Waals surface area contributed by atoms with Crippen molar-refractivity contribution in [1.82, 2.24) is 4.98 Å². The van der Waals surface area contributed by atoms with Gasteiger partial charge in [0.15, 0.2) is 0 Å². The Labute approximate surface area is 97.5 Å². The number of aromatic nitrogens is 1. The summed E-state index contributed by atoms with van der Waals surface area (Å²) in [5.74, 6) is 0. The number of pyridine rings is 1. The van der Waals surface area contributed by atoms with Crippen molar-refractivity contribution in [2.45, 2.75) is 32.4 Å². The SMILES string of the molecule is CC(C)(C)c1cc(B(O)O)cnc1C(F)(F)F. The van der Waals surface area contributed by atoms with Crippen LogP contribution in [0.25, 0.3) is 0 Å². The third-order valence-corrected chi connectivity index (χ3v) is 2.28. The lowest BCUT2D eigenvalue weighted by atomic mass is 9.77. The summed E-state index contributed by atoms with van der Waals surface area (Å²) in [6.45, 7) is 4.81. The molecule has 0 saturated heterocycles. The van der Waals surface area contributed by atoms with Gasteiger partial charge in [0.1, 0.15) is 5.69 Å². The lowest BCUT2D eigenvalue weighted by molar-refractivity contribution is -0.142. The van der Waals surface area contributed by atoms with E-state index in [4.69, 9.17) is 10.0 Å². The Morgan fingerprint density at radius 1 is 1.18 bits per heavy atom. The van der Waals surface area contributed by atoms with Gasteiger partial charge in [0.25, 0.3) is 0 Å². The second-order valence-electron chi connectivity index (χ2n) is 4.79. The number of alkyl halides is 3. The summed E-state index contributed by atoms with van der Waals surface area (Å²) in [6, 6.07) is 1.13. The molecule has 0 atom stereocenters. The summed E-state index contributed by atoms with van der Waals surface area (Å²) in [6.07, 6.45) is -3.73. The van der Waals surface area contributed by atoms with Crippen LogP contribution in [0.2, 0.25) is 0 Å². The lowest BCUT2D eigenvalue weighted by Gasteiger charge is -2.23. The molecule has 94 valence electrons. The Morgan fingerprint density at radius 3 is 2.06 bits per heavy atom. The van der Waals surface area contributed by atoms with Crippen LogP contribution in [0.5, 0.6) is 0 Å². The van der Waals surface area contributed by atoms with Crippen LogP contribution in [0.1, 0.15) is 32.0 Å². The largest absolute Gasteiger partial charge is 0.490 e. The molecule has 17 heavy (non-hydrogen) atoms. The minimum Gasteiger partial charge on any atom is -0.423 e. The Balaban J connectivity index is 3.43. The summed E-state index contributed by atoms with van der Waals surface area (Å²) in [5.41, 5.74) is -1.89. The average molecular weight is 247 g/mol. The van der Waals surface area contributed by atoms with Crippen molar-refractivity contribution in [3.05, 3.63) is 23.5 Å². The molecule has 7 heteroatoms. The molecule has 0 spiro atoms. The maximum atomic E-state index is 12.7. The van der Waals surface area contributed by atoms with E-state index in [-0.39, 0.29) is 11.0 Å². The zero-order chi connectivity index (χ0) is 13.4. The predicted molar refractivity (Wildman–Crippen MR) is 57.8 cm³/mol. The highest BCUT2D eigenvalue weighted by Gasteiger charge is 2.38. The molecule has 0 aliphatic carbocycles. The number of halogens is 3. The molecule has 1 aromatic rings. The van der Waals surface area contributed by atoms with E-state index in [1.165, 1.54) is 0 Å². The van der Waals surface area contributed by atoms with Gasteiger partial charge in [-0.3, -0.25) is 4.98 Å². The highest BCUT2D eigenvalue weighted by molar-refractivity contribution is 6.58. The third kappa shape index (κ3) is 3.20. The van der Waals surface area contributed by atoms with Crippen LogP contribution < -0.4 is 5.46 Å². The van der Waals surface area contributed by atoms with Crippen molar-refractivity contribution in [3.63, 3.8) is 0 Å². The summed E-state index contributed by atoms with van der Waals surface area (Å²) in [5, 5.41) is 17.9. The van der Waals surface area contributed by atoms with Crippen molar-refractivity contribution in [1.29, 1.82) is 0 Å². The van der Waals surface area contributed by atoms with Crippen LogP contribution in [0.15, 0.2) is 12.3 Å². The molecule has 2 N–H and O–H groups in total. The van der Waals surface area contributed by atoms with Crippen molar-refractivity contribution < 1.29 is 23.2 Å². The molecule has 0 saturated carbocycles. The van der Waals surface area contributed by atoms with Crippen LogP contribution in [-0.2, 0) is 11.6 Å². The van der Waals surface area contributed by atoms with Gasteiger partial charge in [-0.15, -0.1) is 0 Å². The van der Waals surface area contributed by atoms with Crippen LogP contribution in [0.3, 0.4) is 0 Å². The normalized spacial score (nSPS) is 12.7. The van der Waals surface area contributed by atoms with Crippen molar-refractivity contribution >= 4 is 12.6 Å². The van der Waals surface area contributed by atoms with Crippen LogP contribution in [0, 0.1) is 0 Å². The van der Waals surface area contributed by atoms with Gasteiger partial charge < -0.3 is 10.0 Å². The molecule has 0 aromatic carbocycles. The highest BCUT2D eigenvalue weighted by Crippen LogP contribution is 2.35. The van der Waals surface area contributed by atoms with Gasteiger partial charge in [0.05, 0.1) is 0 Å². The maximum Gasteiger partial charge on any atom is 0.490 e. The molecule has 0 bridgehead atoms. The Hall–Kier alpha value is -1.08. The fraction of sp³-hybridized carbons (Fsp3) is 0.500. The van der Waals surface area contributed by atoms with E-state index in [2.05, 4.69) is 4.98 Å². The van der Waals surface area contributed by atoms with E-state index in [9.17, 15) is 13.2 Å². The first-order valence-electron chi connectivity index (χ1n) is 4.97. The summed E-state index contributed by atoms with van der Waals surface area (Å²) in [4.78, 5) is 3.29. The standard InChI is InChI=1S/C10H13BF3NO2/c1-9(2,3)7-4-6(11(16)17)5-15-8(7)10(12,13)14/h4-5,16-17H,1-3H3. The zero-order valence-corrected chi connectivity index (χ0v) is 9.71. The monoisotopic (exact) mass is 247 g/mol. The molecular weight excluding hydrogens is 234 g/mol. The molecule has 0 aliphatic heterocycles. The van der Waals surface area contributed by atoms with Gasteiger partial charge in [-0.25, -0.2) is 0 Å². The molecule has 1 heterocycles. The van der Waals surface area contributed by atoms with E-state index >= 15 is 0 Å². The van der Waals surface area contributed by atoms with E-state index < -0.39 is 24.4 Å². The quantitative estimate of drug-likeness (QED) is 0.730. The first-order valence-corrected chi connectivity index (χ1v) is 4.97. The zero-order valence-electron chi connectivity index (χ0n) is 9.71. The number of nitrogens with zero attached hydrogens (tertiary/aromatic N) is 1. The van der Waals surface area contributed by atoms with Crippen molar-refractivity contribution in [3.8, 4) is 0 Å². The van der Waals surface area contributed by atoms with E-state index in [0.29, 0.717) is 0 Å². The molecule has 0 aliphatic rings. The Bertz CT molecular complexity index is 413. The second kappa shape index (κ2) is 4.31. The predicted octanol–water partition coefficient (Wildman–Crippen LogP) is 1.08. The summed E-state index contributed by atoms with van der Waals surface area (Å²) < 4.78 is 38.2. The smallest absolute Gasteiger partial charge is 0.423 e. The van der Waals surface area contributed by atoms with Gasteiger partial charge in [0, 0.05) is 11.7 Å². The molecule has 1 aromatic heterocycles. The minimum absolute atomic E-state index is 0.0528. The first kappa shape index (κ1) is 14.0. The van der Waals surface area contributed by atoms with Crippen LogP contribution >= 0.6 is 0 Å². The number of hydrogen-bond acceptors (Lipinski definition) is 3. The molecule has 0 unspecified atom stereocenters. The maximum absolute atomic E-state index is 12.7. The number of rotatable bonds is 1. The topological polar surface area (TPSA) is 53.4 Å².